The monoisotopic (exact) mass is 316 g/mol. The number of fused-ring (bicyclic) bond motifs is 1. The number of nitrogens with zero attached hydrogens (tertiary/aromatic N) is 2. The van der Waals surface area contributed by atoms with E-state index in [-0.39, 0.29) is 5.91 Å². The zero-order valence-corrected chi connectivity index (χ0v) is 13.1. The number of aromatic nitrogens is 1. The van der Waals surface area contributed by atoms with Gasteiger partial charge in [-0.05, 0) is 18.2 Å². The minimum absolute atomic E-state index is 0.0908. The Morgan fingerprint density at radius 2 is 2.14 bits per heavy atom. The molecule has 3 rings (SSSR count). The number of likely N-dealkylation sites (N-methyl/N-ethyl adjacent to an activating group) is 1. The van der Waals surface area contributed by atoms with Crippen LogP contribution in [0.25, 0.3) is 17.0 Å². The number of para-hydroxylation sites is 1. The van der Waals surface area contributed by atoms with Crippen LogP contribution in [-0.2, 0) is 4.79 Å². The number of ether oxygens (including phenoxy) is 1. The first-order chi connectivity index (χ1) is 10.1. The molecule has 4 nitrogen and oxygen atoms in total. The highest BCUT2D eigenvalue weighted by Gasteiger charge is 2.28. The van der Waals surface area contributed by atoms with Crippen LogP contribution < -0.4 is 4.74 Å². The van der Waals surface area contributed by atoms with Crippen LogP contribution in [0, 0.1) is 0 Å². The maximum atomic E-state index is 12.0. The van der Waals surface area contributed by atoms with Gasteiger partial charge in [0, 0.05) is 12.4 Å². The minimum atomic E-state index is -0.0908. The molecule has 2 heterocycles. The van der Waals surface area contributed by atoms with E-state index in [1.807, 2.05) is 30.3 Å². The van der Waals surface area contributed by atoms with Crippen molar-refractivity contribution in [3.63, 3.8) is 0 Å². The van der Waals surface area contributed by atoms with E-state index in [1.165, 1.54) is 16.7 Å². The van der Waals surface area contributed by atoms with E-state index in [0.717, 1.165) is 10.9 Å². The summed E-state index contributed by atoms with van der Waals surface area (Å²) in [5, 5.41) is 0.995. The number of hydrogen-bond acceptors (Lipinski definition) is 5. The average molecular weight is 316 g/mol. The van der Waals surface area contributed by atoms with Gasteiger partial charge in [0.15, 0.2) is 0 Å². The molecule has 1 aliphatic rings. The lowest BCUT2D eigenvalue weighted by atomic mass is 10.2. The standard InChI is InChI=1S/C15H12N2O2S2/c1-17-14(18)12(21-15(17)20)8-10-7-6-9-4-3-5-11(19-2)13(9)16-10/h3-8H,1-2H3/b12-8-. The number of hydrogen-bond donors (Lipinski definition) is 0. The molecule has 0 aliphatic carbocycles. The van der Waals surface area contributed by atoms with Crippen LogP contribution in [0.5, 0.6) is 5.75 Å². The van der Waals surface area contributed by atoms with E-state index in [0.29, 0.717) is 20.7 Å². The van der Waals surface area contributed by atoms with Crippen LogP contribution >= 0.6 is 24.0 Å². The van der Waals surface area contributed by atoms with Crippen molar-refractivity contribution in [1.82, 2.24) is 9.88 Å². The molecule has 2 aromatic rings. The number of carbonyl (C=O) groups is 1. The number of thiocarbonyl (C=S) groups is 1. The normalized spacial score (nSPS) is 17.0. The molecule has 1 saturated heterocycles. The molecule has 1 aliphatic heterocycles. The third-order valence-corrected chi connectivity index (χ3v) is 4.67. The SMILES string of the molecule is COc1cccc2ccc(/C=C3\SC(=S)N(C)C3=O)nc12. The number of thioether (sulfide) groups is 1. The first kappa shape index (κ1) is 14.0. The quantitative estimate of drug-likeness (QED) is 0.629. The summed E-state index contributed by atoms with van der Waals surface area (Å²) in [6.07, 6.45) is 1.76. The second kappa shape index (κ2) is 5.46. The van der Waals surface area contributed by atoms with Gasteiger partial charge in [-0.15, -0.1) is 0 Å². The van der Waals surface area contributed by atoms with Gasteiger partial charge in [0.1, 0.15) is 15.6 Å². The first-order valence-corrected chi connectivity index (χ1v) is 7.48. The average Bonchev–Trinajstić information content (AvgIpc) is 2.74. The molecular weight excluding hydrogens is 304 g/mol. The lowest BCUT2D eigenvalue weighted by Crippen LogP contribution is -2.22. The fourth-order valence-corrected chi connectivity index (χ4v) is 3.22. The molecule has 1 fully saturated rings. The van der Waals surface area contributed by atoms with Crippen molar-refractivity contribution in [2.45, 2.75) is 0 Å². The summed E-state index contributed by atoms with van der Waals surface area (Å²) in [7, 11) is 3.29. The Hall–Kier alpha value is -1.92. The second-order valence-electron chi connectivity index (χ2n) is 4.51. The molecule has 0 saturated carbocycles. The largest absolute Gasteiger partial charge is 0.494 e. The number of methoxy groups -OCH3 is 1. The number of rotatable bonds is 2. The summed E-state index contributed by atoms with van der Waals surface area (Å²) in [5.41, 5.74) is 1.49. The minimum Gasteiger partial charge on any atom is -0.494 e. The molecule has 0 atom stereocenters. The molecule has 1 aromatic heterocycles. The highest BCUT2D eigenvalue weighted by atomic mass is 32.2. The van der Waals surface area contributed by atoms with Gasteiger partial charge in [-0.2, -0.15) is 0 Å². The van der Waals surface area contributed by atoms with Crippen molar-refractivity contribution < 1.29 is 9.53 Å². The smallest absolute Gasteiger partial charge is 0.265 e. The van der Waals surface area contributed by atoms with Crippen LogP contribution in [0.2, 0.25) is 0 Å². The molecule has 6 heteroatoms. The van der Waals surface area contributed by atoms with Crippen LogP contribution in [0.15, 0.2) is 35.2 Å². The van der Waals surface area contributed by atoms with Gasteiger partial charge in [0.25, 0.3) is 5.91 Å². The highest BCUT2D eigenvalue weighted by molar-refractivity contribution is 8.26. The number of carbonyl (C=O) groups excluding carboxylic acids is 1. The van der Waals surface area contributed by atoms with E-state index in [9.17, 15) is 4.79 Å². The highest BCUT2D eigenvalue weighted by Crippen LogP contribution is 2.31. The van der Waals surface area contributed by atoms with Gasteiger partial charge < -0.3 is 4.74 Å². The van der Waals surface area contributed by atoms with Gasteiger partial charge >= 0.3 is 0 Å². The third-order valence-electron chi connectivity index (χ3n) is 3.19. The van der Waals surface area contributed by atoms with Crippen LogP contribution in [0.4, 0.5) is 0 Å². The van der Waals surface area contributed by atoms with Crippen LogP contribution in [0.3, 0.4) is 0 Å². The molecule has 21 heavy (non-hydrogen) atoms. The van der Waals surface area contributed by atoms with Crippen LogP contribution in [0.1, 0.15) is 5.69 Å². The number of pyridine rings is 1. The predicted molar refractivity (Wildman–Crippen MR) is 89.2 cm³/mol. The number of amides is 1. The summed E-state index contributed by atoms with van der Waals surface area (Å²) in [5.74, 6) is 0.623. The summed E-state index contributed by atoms with van der Waals surface area (Å²) < 4.78 is 5.88. The van der Waals surface area contributed by atoms with Gasteiger partial charge in [-0.3, -0.25) is 9.69 Å². The second-order valence-corrected chi connectivity index (χ2v) is 6.18. The molecule has 0 unspecified atom stereocenters. The Balaban J connectivity index is 2.06. The fourth-order valence-electron chi connectivity index (χ4n) is 2.06. The zero-order chi connectivity index (χ0) is 15.0. The summed E-state index contributed by atoms with van der Waals surface area (Å²) in [4.78, 5) is 18.6. The van der Waals surface area contributed by atoms with Gasteiger partial charge in [-0.1, -0.05) is 42.2 Å². The number of benzene rings is 1. The lowest BCUT2D eigenvalue weighted by molar-refractivity contribution is -0.121. The summed E-state index contributed by atoms with van der Waals surface area (Å²) in [6, 6.07) is 9.60. The van der Waals surface area contributed by atoms with Gasteiger partial charge in [0.2, 0.25) is 0 Å². The Labute approximate surface area is 131 Å². The maximum Gasteiger partial charge on any atom is 0.265 e. The van der Waals surface area contributed by atoms with E-state index < -0.39 is 0 Å². The molecule has 0 bridgehead atoms. The first-order valence-electron chi connectivity index (χ1n) is 6.25. The molecular formula is C15H12N2O2S2. The molecule has 106 valence electrons. The Morgan fingerprint density at radius 3 is 2.81 bits per heavy atom. The molecule has 0 radical (unpaired) electrons. The lowest BCUT2D eigenvalue weighted by Gasteiger charge is -2.05. The maximum absolute atomic E-state index is 12.0. The molecule has 0 N–H and O–H groups in total. The van der Waals surface area contributed by atoms with E-state index in [2.05, 4.69) is 4.98 Å². The van der Waals surface area contributed by atoms with Crippen LogP contribution in [-0.4, -0.2) is 34.3 Å². The van der Waals surface area contributed by atoms with E-state index in [1.54, 1.807) is 20.2 Å². The molecule has 1 amide bonds. The fraction of sp³-hybridized carbons (Fsp3) is 0.133. The van der Waals surface area contributed by atoms with Crippen molar-refractivity contribution in [3.8, 4) is 5.75 Å². The van der Waals surface area contributed by atoms with Crippen molar-refractivity contribution in [2.24, 2.45) is 0 Å². The van der Waals surface area contributed by atoms with Crippen molar-refractivity contribution >= 4 is 51.2 Å². The molecule has 1 aromatic carbocycles. The Morgan fingerprint density at radius 1 is 1.33 bits per heavy atom. The topological polar surface area (TPSA) is 42.4 Å². The predicted octanol–water partition coefficient (Wildman–Crippen LogP) is 3.07. The zero-order valence-electron chi connectivity index (χ0n) is 11.5. The van der Waals surface area contributed by atoms with Crippen molar-refractivity contribution in [1.29, 1.82) is 0 Å². The Kier molecular flexibility index (Phi) is 3.65. The van der Waals surface area contributed by atoms with Gasteiger partial charge in [-0.25, -0.2) is 4.98 Å². The Bertz CT molecular complexity index is 786. The summed E-state index contributed by atoms with van der Waals surface area (Å²) in [6.45, 7) is 0. The van der Waals surface area contributed by atoms with Crippen molar-refractivity contribution in [3.05, 3.63) is 40.9 Å². The van der Waals surface area contributed by atoms with Crippen molar-refractivity contribution in [2.75, 3.05) is 14.2 Å². The summed E-state index contributed by atoms with van der Waals surface area (Å²) >= 11 is 6.41. The third kappa shape index (κ3) is 2.52. The van der Waals surface area contributed by atoms with E-state index >= 15 is 0 Å². The molecule has 0 spiro atoms. The van der Waals surface area contributed by atoms with E-state index in [4.69, 9.17) is 17.0 Å². The van der Waals surface area contributed by atoms with Gasteiger partial charge in [0.05, 0.1) is 17.7 Å².